The third-order valence-corrected chi connectivity index (χ3v) is 10.1. The minimum absolute atomic E-state index is 0.816. The summed E-state index contributed by atoms with van der Waals surface area (Å²) in [4.78, 5) is 14.9. The Labute approximate surface area is 313 Å². The number of benzene rings is 4. The third-order valence-electron chi connectivity index (χ3n) is 10.1. The van der Waals surface area contributed by atoms with Crippen LogP contribution in [-0.4, -0.2) is 60.7 Å². The van der Waals surface area contributed by atoms with E-state index >= 15 is 0 Å². The third kappa shape index (κ3) is 8.96. The molecule has 0 saturated heterocycles. The molecular weight excluding hydrogens is 637 g/mol. The van der Waals surface area contributed by atoms with E-state index in [1.807, 2.05) is 25.4 Å². The summed E-state index contributed by atoms with van der Waals surface area (Å²) in [5, 5.41) is 0. The van der Waals surface area contributed by atoms with Crippen molar-refractivity contribution in [2.45, 2.75) is 95.9 Å². The van der Waals surface area contributed by atoms with Crippen LogP contribution in [0.25, 0.3) is 0 Å². The number of hydrogen-bond acceptors (Lipinski definition) is 4. The normalized spacial score (nSPS) is 14.8. The van der Waals surface area contributed by atoms with Gasteiger partial charge >= 0.3 is 0 Å². The minimum Gasteiger partial charge on any atom is -0.311 e. The van der Waals surface area contributed by atoms with E-state index in [1.165, 1.54) is 89.5 Å². The summed E-state index contributed by atoms with van der Waals surface area (Å²) in [7, 11) is 0. The van der Waals surface area contributed by atoms with Gasteiger partial charge in [-0.05, 0) is 144 Å². The Balaban J connectivity index is 1.65. The highest BCUT2D eigenvalue weighted by Crippen LogP contribution is 2.30. The van der Waals surface area contributed by atoms with Crippen molar-refractivity contribution in [3.63, 3.8) is 0 Å². The van der Waals surface area contributed by atoms with Crippen LogP contribution in [0, 0.1) is 83.1 Å². The van der Waals surface area contributed by atoms with Gasteiger partial charge in [0.1, 0.15) is 11.4 Å². The van der Waals surface area contributed by atoms with E-state index < -0.39 is 0 Å². The molecule has 5 rings (SSSR count). The van der Waals surface area contributed by atoms with Gasteiger partial charge in [-0.25, -0.2) is 9.15 Å². The fourth-order valence-corrected chi connectivity index (χ4v) is 8.62. The molecule has 0 amide bonds. The Bertz CT molecular complexity index is 1840. The Hall–Kier alpha value is -4.84. The fraction of sp³-hybridized carbons (Fsp3) is 0.391. The molecule has 0 radical (unpaired) electrons. The molecule has 6 heteroatoms. The monoisotopic (exact) mass is 696 g/mol. The maximum absolute atomic E-state index is 5.10. The topological polar surface area (TPSA) is 37.2 Å². The Morgan fingerprint density at radius 3 is 1.00 bits per heavy atom. The van der Waals surface area contributed by atoms with E-state index in [2.05, 4.69) is 151 Å². The van der Waals surface area contributed by atoms with Gasteiger partial charge in [0.25, 0.3) is 12.7 Å². The summed E-state index contributed by atoms with van der Waals surface area (Å²) >= 11 is 0. The van der Waals surface area contributed by atoms with E-state index in [-0.39, 0.29) is 0 Å². The maximum Gasteiger partial charge on any atom is 0.288 e. The molecule has 0 atom stereocenters. The zero-order chi connectivity index (χ0) is 37.7. The first kappa shape index (κ1) is 38.4. The first-order valence-corrected chi connectivity index (χ1v) is 18.8. The van der Waals surface area contributed by atoms with E-state index in [4.69, 9.17) is 9.98 Å². The van der Waals surface area contributed by atoms with Crippen molar-refractivity contribution < 1.29 is 9.15 Å². The van der Waals surface area contributed by atoms with Gasteiger partial charge in [-0.15, -0.1) is 0 Å². The van der Waals surface area contributed by atoms with Crippen LogP contribution in [0.3, 0.4) is 0 Å². The van der Waals surface area contributed by atoms with Gasteiger partial charge in [0.2, 0.25) is 12.7 Å². The molecule has 4 aromatic rings. The second-order valence-corrected chi connectivity index (χ2v) is 15.2. The highest BCUT2D eigenvalue weighted by molar-refractivity contribution is 5.88. The average Bonchev–Trinajstić information content (AvgIpc) is 3.01. The number of anilines is 2. The standard InChI is InChI=1S/C46H60N6/c1-31-19-35(5)43(36(6)20-31)49-15-13-16-50(44-37(7)21-32(2)22-38(44)8)29-48-30-52(46-41(11)25-34(4)26-42(46)12)18-14-17-51(28-47-27-49)45-39(9)23-33(3)24-40(45)10/h19-30H,13-18H2,1-12H3/q+2. The van der Waals surface area contributed by atoms with Crippen LogP contribution in [0.15, 0.2) is 58.5 Å². The minimum atomic E-state index is 0.816. The fourth-order valence-electron chi connectivity index (χ4n) is 8.62. The van der Waals surface area contributed by atoms with Crippen molar-refractivity contribution in [3.05, 3.63) is 115 Å². The van der Waals surface area contributed by atoms with Crippen LogP contribution in [0.5, 0.6) is 0 Å². The second-order valence-electron chi connectivity index (χ2n) is 15.2. The van der Waals surface area contributed by atoms with E-state index in [0.717, 1.165) is 39.0 Å². The first-order chi connectivity index (χ1) is 24.7. The molecular formula is C46H60N6+2. The molecule has 0 aliphatic carbocycles. The molecule has 0 spiro atoms. The zero-order valence-electron chi connectivity index (χ0n) is 33.9. The van der Waals surface area contributed by atoms with Crippen molar-refractivity contribution in [1.29, 1.82) is 0 Å². The van der Waals surface area contributed by atoms with Crippen molar-refractivity contribution in [2.24, 2.45) is 9.98 Å². The molecule has 0 bridgehead atoms. The van der Waals surface area contributed by atoms with Crippen molar-refractivity contribution in [2.75, 3.05) is 36.0 Å². The Kier molecular flexibility index (Phi) is 12.3. The summed E-state index contributed by atoms with van der Waals surface area (Å²) in [5.74, 6) is 0. The number of aliphatic imine (C=N–C) groups is 2. The number of hydrogen-bond donors (Lipinski definition) is 0. The predicted octanol–water partition coefficient (Wildman–Crippen LogP) is 10.3. The lowest BCUT2D eigenvalue weighted by molar-refractivity contribution is -0.470. The smallest absolute Gasteiger partial charge is 0.288 e. The molecule has 0 N–H and O–H groups in total. The van der Waals surface area contributed by atoms with Gasteiger partial charge in [0, 0.05) is 30.9 Å². The van der Waals surface area contributed by atoms with Crippen LogP contribution in [-0.2, 0) is 0 Å². The average molecular weight is 697 g/mol. The van der Waals surface area contributed by atoms with Crippen molar-refractivity contribution in [1.82, 2.24) is 0 Å². The lowest BCUT2D eigenvalue weighted by Gasteiger charge is -2.26. The highest BCUT2D eigenvalue weighted by atomic mass is 15.2. The molecule has 0 saturated carbocycles. The van der Waals surface area contributed by atoms with Gasteiger partial charge in [0.05, 0.1) is 13.1 Å². The maximum atomic E-state index is 5.10. The molecule has 0 unspecified atom stereocenters. The Morgan fingerprint density at radius 1 is 0.404 bits per heavy atom. The summed E-state index contributed by atoms with van der Waals surface area (Å²) < 4.78 is 4.70. The molecule has 1 aliphatic rings. The number of nitrogens with zero attached hydrogens (tertiary/aromatic N) is 6. The van der Waals surface area contributed by atoms with Crippen LogP contribution >= 0.6 is 0 Å². The quantitative estimate of drug-likeness (QED) is 0.199. The molecule has 1 aliphatic heterocycles. The first-order valence-electron chi connectivity index (χ1n) is 18.8. The van der Waals surface area contributed by atoms with Gasteiger partial charge in [-0.1, -0.05) is 70.8 Å². The summed E-state index contributed by atoms with van der Waals surface area (Å²) in [6.45, 7) is 29.7. The number of rotatable bonds is 4. The van der Waals surface area contributed by atoms with Crippen LogP contribution in [0.4, 0.5) is 22.7 Å². The van der Waals surface area contributed by atoms with E-state index in [9.17, 15) is 0 Å². The van der Waals surface area contributed by atoms with Crippen molar-refractivity contribution in [3.8, 4) is 0 Å². The van der Waals surface area contributed by atoms with Gasteiger partial charge in [-0.2, -0.15) is 0 Å². The molecule has 1 heterocycles. The molecule has 0 aromatic heterocycles. The lowest BCUT2D eigenvalue weighted by Crippen LogP contribution is -2.31. The van der Waals surface area contributed by atoms with Gasteiger partial charge in [-0.3, -0.25) is 0 Å². The second kappa shape index (κ2) is 16.7. The van der Waals surface area contributed by atoms with E-state index in [1.54, 1.807) is 0 Å². The SMILES string of the molecule is Cc1cc(C)c(N2C=NC=[N+](c3c(C)cc(C)cc3C)CCC[N+](c3c(C)cc(C)cc3C)=CN=CN(c3c(C)cc(C)cc3C)CCC2)c(C)c1. The number of aryl methyl sites for hydroxylation is 12. The lowest BCUT2D eigenvalue weighted by atomic mass is 10.0. The largest absolute Gasteiger partial charge is 0.311 e. The molecule has 0 fully saturated rings. The molecule has 4 aromatic carbocycles. The van der Waals surface area contributed by atoms with E-state index in [0.29, 0.717) is 0 Å². The molecule has 6 nitrogen and oxygen atoms in total. The predicted molar refractivity (Wildman–Crippen MR) is 225 cm³/mol. The zero-order valence-corrected chi connectivity index (χ0v) is 33.9. The molecule has 272 valence electrons. The summed E-state index contributed by atoms with van der Waals surface area (Å²) in [5.41, 5.74) is 20.2. The Morgan fingerprint density at radius 2 is 0.692 bits per heavy atom. The highest BCUT2D eigenvalue weighted by Gasteiger charge is 2.20. The van der Waals surface area contributed by atoms with Gasteiger partial charge in [0.15, 0.2) is 0 Å². The van der Waals surface area contributed by atoms with Crippen LogP contribution < -0.4 is 9.80 Å². The van der Waals surface area contributed by atoms with Crippen molar-refractivity contribution >= 4 is 48.1 Å². The van der Waals surface area contributed by atoms with Crippen LogP contribution in [0.1, 0.15) is 79.6 Å². The molecule has 52 heavy (non-hydrogen) atoms. The summed E-state index contributed by atoms with van der Waals surface area (Å²) in [6, 6.07) is 18.2. The van der Waals surface area contributed by atoms with Gasteiger partial charge < -0.3 is 9.80 Å². The summed E-state index contributed by atoms with van der Waals surface area (Å²) in [6.07, 6.45) is 10.0. The van der Waals surface area contributed by atoms with Crippen LogP contribution in [0.2, 0.25) is 0 Å².